The minimum absolute atomic E-state index is 0.0519. The second-order valence-corrected chi connectivity index (χ2v) is 11.4. The third-order valence-corrected chi connectivity index (χ3v) is 8.53. The summed E-state index contributed by atoms with van der Waals surface area (Å²) in [6.45, 7) is 5.15. The van der Waals surface area contributed by atoms with Crippen LogP contribution >= 0.6 is 0 Å². The number of ketones is 1. The molecule has 2 aromatic carbocycles. The molecule has 3 aliphatic rings. The first-order valence-electron chi connectivity index (χ1n) is 14.8. The zero-order chi connectivity index (χ0) is 31.0. The second kappa shape index (κ2) is 12.1. The molecule has 2 fully saturated rings. The maximum Gasteiger partial charge on any atom is 0.262 e. The Kier molecular flexibility index (Phi) is 8.05. The predicted octanol–water partition coefficient (Wildman–Crippen LogP) is 2.93. The molecule has 3 aromatic rings. The fraction of sp³-hybridized carbons (Fsp3) is 0.333. The van der Waals surface area contributed by atoms with Crippen molar-refractivity contribution < 1.29 is 28.4 Å². The largest absolute Gasteiger partial charge is 0.354 e. The highest BCUT2D eigenvalue weighted by Crippen LogP contribution is 2.31. The van der Waals surface area contributed by atoms with Crippen LogP contribution in [-0.2, 0) is 29.0 Å². The highest BCUT2D eigenvalue weighted by molar-refractivity contribution is 6.24. The number of piperidine rings is 1. The topological polar surface area (TPSA) is 120 Å². The first-order chi connectivity index (χ1) is 21.2. The van der Waals surface area contributed by atoms with Crippen molar-refractivity contribution in [3.63, 3.8) is 0 Å². The fourth-order valence-electron chi connectivity index (χ4n) is 6.14. The number of fused-ring (bicyclic) bond motifs is 1. The molecule has 226 valence electrons. The summed E-state index contributed by atoms with van der Waals surface area (Å²) in [4.78, 5) is 71.9. The second-order valence-electron chi connectivity index (χ2n) is 11.4. The monoisotopic (exact) mass is 597 g/mol. The van der Waals surface area contributed by atoms with Gasteiger partial charge in [-0.25, -0.2) is 9.37 Å². The van der Waals surface area contributed by atoms with Gasteiger partial charge in [-0.05, 0) is 60.2 Å². The van der Waals surface area contributed by atoms with Crippen LogP contribution in [0.5, 0.6) is 0 Å². The maximum absolute atomic E-state index is 15.2. The lowest BCUT2D eigenvalue weighted by Gasteiger charge is -2.35. The molecule has 1 unspecified atom stereocenters. The Bertz CT molecular complexity index is 1680. The van der Waals surface area contributed by atoms with Crippen LogP contribution < -0.4 is 10.2 Å². The Balaban J connectivity index is 1.07. The number of amides is 4. The van der Waals surface area contributed by atoms with Crippen LogP contribution in [0.3, 0.4) is 0 Å². The van der Waals surface area contributed by atoms with Gasteiger partial charge in [-0.3, -0.25) is 39.1 Å². The zero-order valence-corrected chi connectivity index (χ0v) is 24.3. The number of piperazine rings is 1. The Morgan fingerprint density at radius 2 is 1.68 bits per heavy atom. The van der Waals surface area contributed by atoms with E-state index in [1.54, 1.807) is 36.4 Å². The molecule has 6 rings (SSSR count). The highest BCUT2D eigenvalue weighted by atomic mass is 19.1. The summed E-state index contributed by atoms with van der Waals surface area (Å²) in [7, 11) is 0. The Morgan fingerprint density at radius 3 is 2.41 bits per heavy atom. The number of halogens is 1. The molecule has 0 aliphatic carbocycles. The number of Topliss-reactive ketones (excluding diaryl/α,β-unsaturated/α-hetero) is 1. The molecule has 1 aromatic heterocycles. The van der Waals surface area contributed by atoms with Crippen molar-refractivity contribution in [1.82, 2.24) is 20.1 Å². The van der Waals surface area contributed by atoms with Crippen LogP contribution in [-0.4, -0.2) is 76.4 Å². The lowest BCUT2D eigenvalue weighted by molar-refractivity contribution is -0.136. The zero-order valence-electron chi connectivity index (χ0n) is 24.3. The van der Waals surface area contributed by atoms with E-state index in [1.807, 2.05) is 18.2 Å². The molecule has 1 atom stereocenters. The molecule has 0 bridgehead atoms. The average molecular weight is 598 g/mol. The van der Waals surface area contributed by atoms with Crippen LogP contribution in [0.1, 0.15) is 67.7 Å². The normalized spacial score (nSPS) is 18.9. The van der Waals surface area contributed by atoms with E-state index in [0.29, 0.717) is 36.2 Å². The van der Waals surface area contributed by atoms with E-state index in [1.165, 1.54) is 6.92 Å². The van der Waals surface area contributed by atoms with Crippen molar-refractivity contribution in [2.75, 3.05) is 31.1 Å². The summed E-state index contributed by atoms with van der Waals surface area (Å²) in [6.07, 6.45) is 0.803. The van der Waals surface area contributed by atoms with Gasteiger partial charge in [0.05, 0.1) is 11.1 Å². The minimum Gasteiger partial charge on any atom is -0.354 e. The summed E-state index contributed by atoms with van der Waals surface area (Å²) < 4.78 is 15.2. The molecule has 4 amide bonds. The molecule has 3 aliphatic heterocycles. The average Bonchev–Trinajstić information content (AvgIpc) is 3.27. The first kappa shape index (κ1) is 29.3. The molecule has 0 radical (unpaired) electrons. The number of pyridine rings is 1. The van der Waals surface area contributed by atoms with E-state index in [-0.39, 0.29) is 35.6 Å². The third-order valence-electron chi connectivity index (χ3n) is 8.53. The van der Waals surface area contributed by atoms with Gasteiger partial charge in [-0.15, -0.1) is 0 Å². The molecule has 0 saturated carbocycles. The predicted molar refractivity (Wildman–Crippen MR) is 159 cm³/mol. The van der Waals surface area contributed by atoms with Gasteiger partial charge in [0, 0.05) is 46.1 Å². The summed E-state index contributed by atoms with van der Waals surface area (Å²) in [5, 5.41) is 2.20. The molecule has 1 N–H and O–H groups in total. The van der Waals surface area contributed by atoms with E-state index in [0.717, 1.165) is 42.5 Å². The smallest absolute Gasteiger partial charge is 0.262 e. The van der Waals surface area contributed by atoms with Crippen LogP contribution in [0.4, 0.5) is 10.2 Å². The van der Waals surface area contributed by atoms with Gasteiger partial charge >= 0.3 is 0 Å². The number of rotatable bonds is 8. The number of carbonyl (C=O) groups excluding carboxylic acids is 5. The van der Waals surface area contributed by atoms with Gasteiger partial charge in [-0.2, -0.15) is 0 Å². The number of aromatic nitrogens is 1. The number of anilines is 1. The summed E-state index contributed by atoms with van der Waals surface area (Å²) >= 11 is 0. The van der Waals surface area contributed by atoms with Crippen LogP contribution in [0, 0.1) is 5.82 Å². The van der Waals surface area contributed by atoms with Crippen LogP contribution in [0.25, 0.3) is 0 Å². The number of aryl methyl sites for hydroxylation is 2. The first-order valence-corrected chi connectivity index (χ1v) is 14.8. The van der Waals surface area contributed by atoms with Crippen molar-refractivity contribution in [2.45, 2.75) is 45.2 Å². The van der Waals surface area contributed by atoms with Gasteiger partial charge in [0.25, 0.3) is 11.8 Å². The van der Waals surface area contributed by atoms with Crippen molar-refractivity contribution in [2.24, 2.45) is 0 Å². The molecule has 10 nitrogen and oxygen atoms in total. The number of carbonyl (C=O) groups is 5. The van der Waals surface area contributed by atoms with E-state index < -0.39 is 29.7 Å². The van der Waals surface area contributed by atoms with Gasteiger partial charge in [-0.1, -0.05) is 30.3 Å². The van der Waals surface area contributed by atoms with Gasteiger partial charge in [0.1, 0.15) is 23.4 Å². The molecule has 11 heteroatoms. The Hall–Kier alpha value is -4.77. The molecule has 0 spiro atoms. The number of hydrogen-bond donors (Lipinski definition) is 1. The van der Waals surface area contributed by atoms with Crippen molar-refractivity contribution in [3.8, 4) is 0 Å². The van der Waals surface area contributed by atoms with Crippen molar-refractivity contribution in [3.05, 3.63) is 93.9 Å². The third kappa shape index (κ3) is 5.74. The Labute approximate surface area is 253 Å². The number of nitrogens with one attached hydrogen (secondary N) is 1. The highest BCUT2D eigenvalue weighted by Gasteiger charge is 2.45. The van der Waals surface area contributed by atoms with E-state index in [9.17, 15) is 24.0 Å². The van der Waals surface area contributed by atoms with E-state index in [4.69, 9.17) is 0 Å². The summed E-state index contributed by atoms with van der Waals surface area (Å²) in [5.41, 5.74) is 2.88. The van der Waals surface area contributed by atoms with E-state index >= 15 is 4.39 Å². The van der Waals surface area contributed by atoms with Gasteiger partial charge in [0.2, 0.25) is 11.8 Å². The fourth-order valence-corrected chi connectivity index (χ4v) is 6.14. The number of benzene rings is 2. The standard InChI is InChI=1S/C33H32FN5O5/c1-20(40)26-6-3-7-28(35-26)38-16-14-37(15-17-38)19-21-8-9-22(25(34)18-21)10-11-23-4-2-5-24-30(23)33(44)39(32(24)43)27-12-13-29(41)36-31(27)42/h2-9,18,27H,10-17,19H2,1H3,(H,36,41,42). The Morgan fingerprint density at radius 1 is 0.932 bits per heavy atom. The minimum atomic E-state index is -1.03. The van der Waals surface area contributed by atoms with E-state index in [2.05, 4.69) is 20.1 Å². The molecule has 2 saturated heterocycles. The number of nitrogens with zero attached hydrogens (tertiary/aromatic N) is 4. The maximum atomic E-state index is 15.2. The summed E-state index contributed by atoms with van der Waals surface area (Å²) in [6, 6.07) is 14.6. The number of imide groups is 2. The molecular weight excluding hydrogens is 565 g/mol. The summed E-state index contributed by atoms with van der Waals surface area (Å²) in [5.74, 6) is -1.81. The van der Waals surface area contributed by atoms with Gasteiger partial charge in [0.15, 0.2) is 5.78 Å². The van der Waals surface area contributed by atoms with Crippen molar-refractivity contribution in [1.29, 1.82) is 0 Å². The van der Waals surface area contributed by atoms with Crippen LogP contribution in [0.2, 0.25) is 0 Å². The number of hydrogen-bond acceptors (Lipinski definition) is 8. The lowest BCUT2D eigenvalue weighted by Crippen LogP contribution is -2.54. The quantitative estimate of drug-likeness (QED) is 0.311. The lowest BCUT2D eigenvalue weighted by atomic mass is 9.96. The SMILES string of the molecule is CC(=O)c1cccc(N2CCN(Cc3ccc(CCc4cccc5c4C(=O)N(C4CCC(=O)NC4=O)C5=O)c(F)c3)CC2)n1. The van der Waals surface area contributed by atoms with Crippen LogP contribution in [0.15, 0.2) is 54.6 Å². The molecule has 4 heterocycles. The van der Waals surface area contributed by atoms with Gasteiger partial charge < -0.3 is 4.90 Å². The molecular formula is C33H32FN5O5. The van der Waals surface area contributed by atoms with Crippen molar-refractivity contribution >= 4 is 35.2 Å². The molecule has 44 heavy (non-hydrogen) atoms.